The molecule has 1 aliphatic carbocycles. The summed E-state index contributed by atoms with van der Waals surface area (Å²) in [6, 6.07) is 63.9. The fraction of sp³-hybridized carbons (Fsp3) is 0.0417. The largest absolute Gasteiger partial charge is 0.310 e. The fourth-order valence-electron chi connectivity index (χ4n) is 8.19. The molecule has 0 bridgehead atoms. The standard InChI is InChI=1S/C48H34N2/c1-4-13-33(14-5-1)34-23-27-39(28-24-34)49-44-21-11-10-19-41(44)42-31-36(25-29-45(42)49)37-26-30-46-43(32-37)48-40(35-15-6-2-7-16-35)20-12-22-47(48)50(46)38-17-8-3-9-18-38/h1-31,37H,32H2. The number of nitrogens with zero attached hydrogens (tertiary/aromatic N) is 2. The van der Waals surface area contributed by atoms with Gasteiger partial charge in [0.05, 0.1) is 16.6 Å². The van der Waals surface area contributed by atoms with Crippen LogP contribution in [-0.4, -0.2) is 9.13 Å². The molecule has 2 nitrogen and oxygen atoms in total. The lowest BCUT2D eigenvalue weighted by Crippen LogP contribution is -2.07. The predicted octanol–water partition coefficient (Wildman–Crippen LogP) is 12.4. The molecule has 0 N–H and O–H groups in total. The highest BCUT2D eigenvalue weighted by Gasteiger charge is 2.26. The first-order valence-corrected chi connectivity index (χ1v) is 17.5. The van der Waals surface area contributed by atoms with Crippen molar-refractivity contribution < 1.29 is 0 Å². The van der Waals surface area contributed by atoms with Crippen LogP contribution >= 0.6 is 0 Å². The first-order chi connectivity index (χ1) is 24.8. The number of aromatic nitrogens is 2. The van der Waals surface area contributed by atoms with Gasteiger partial charge >= 0.3 is 0 Å². The minimum absolute atomic E-state index is 0.262. The molecule has 2 aromatic heterocycles. The molecule has 1 aliphatic rings. The topological polar surface area (TPSA) is 9.86 Å². The maximum absolute atomic E-state index is 2.45. The summed E-state index contributed by atoms with van der Waals surface area (Å²) in [6.07, 6.45) is 5.73. The number of hydrogen-bond donors (Lipinski definition) is 0. The van der Waals surface area contributed by atoms with E-state index in [-0.39, 0.29) is 5.92 Å². The average Bonchev–Trinajstić information content (AvgIpc) is 3.71. The van der Waals surface area contributed by atoms with E-state index in [1.165, 1.54) is 83.2 Å². The SMILES string of the molecule is C1=CC(c2ccc3c(c2)c2ccccc2n3-c2ccc(-c3ccccc3)cc2)Cc2c1n(-c1ccccc1)c1cccc(-c3ccccc3)c21. The van der Waals surface area contributed by atoms with Crippen molar-refractivity contribution >= 4 is 38.8 Å². The molecule has 9 aromatic rings. The van der Waals surface area contributed by atoms with Crippen molar-refractivity contribution in [2.24, 2.45) is 0 Å². The first kappa shape index (κ1) is 28.6. The van der Waals surface area contributed by atoms with E-state index in [0.29, 0.717) is 0 Å². The van der Waals surface area contributed by atoms with Crippen molar-refractivity contribution in [2.45, 2.75) is 12.3 Å². The molecule has 2 heterocycles. The Kier molecular flexibility index (Phi) is 6.67. The molecule has 0 fully saturated rings. The summed E-state index contributed by atoms with van der Waals surface area (Å²) < 4.78 is 4.86. The van der Waals surface area contributed by atoms with Crippen LogP contribution in [0.25, 0.3) is 72.4 Å². The van der Waals surface area contributed by atoms with E-state index in [9.17, 15) is 0 Å². The summed E-state index contributed by atoms with van der Waals surface area (Å²) in [5.74, 6) is 0.262. The van der Waals surface area contributed by atoms with Gasteiger partial charge in [-0.1, -0.05) is 133 Å². The molecule has 0 aliphatic heterocycles. The van der Waals surface area contributed by atoms with E-state index < -0.39 is 0 Å². The van der Waals surface area contributed by atoms with Gasteiger partial charge in [-0.2, -0.15) is 0 Å². The van der Waals surface area contributed by atoms with Gasteiger partial charge in [0.2, 0.25) is 0 Å². The lowest BCUT2D eigenvalue weighted by Gasteiger charge is -2.20. The number of hydrogen-bond acceptors (Lipinski definition) is 0. The summed E-state index contributed by atoms with van der Waals surface area (Å²) in [7, 11) is 0. The summed E-state index contributed by atoms with van der Waals surface area (Å²) >= 11 is 0. The van der Waals surface area contributed by atoms with Crippen molar-refractivity contribution in [2.75, 3.05) is 0 Å². The lowest BCUT2D eigenvalue weighted by molar-refractivity contribution is 0.826. The van der Waals surface area contributed by atoms with Crippen LogP contribution in [0.5, 0.6) is 0 Å². The molecule has 0 amide bonds. The molecule has 0 radical (unpaired) electrons. The molecule has 2 heteroatoms. The normalized spacial score (nSPS) is 14.0. The maximum Gasteiger partial charge on any atom is 0.0543 e. The van der Waals surface area contributed by atoms with Crippen LogP contribution in [0, 0.1) is 0 Å². The van der Waals surface area contributed by atoms with E-state index >= 15 is 0 Å². The van der Waals surface area contributed by atoms with E-state index in [1.54, 1.807) is 0 Å². The Balaban J connectivity index is 1.10. The average molecular weight is 639 g/mol. The third-order valence-corrected chi connectivity index (χ3v) is 10.5. The number of para-hydroxylation sites is 2. The van der Waals surface area contributed by atoms with E-state index in [0.717, 1.165) is 6.42 Å². The molecule has 50 heavy (non-hydrogen) atoms. The van der Waals surface area contributed by atoms with Gasteiger partial charge in [-0.15, -0.1) is 0 Å². The van der Waals surface area contributed by atoms with Crippen molar-refractivity contribution in [1.82, 2.24) is 9.13 Å². The van der Waals surface area contributed by atoms with Crippen molar-refractivity contribution in [3.8, 4) is 33.6 Å². The van der Waals surface area contributed by atoms with Gasteiger partial charge in [0.1, 0.15) is 0 Å². The molecule has 0 saturated carbocycles. The van der Waals surface area contributed by atoms with Crippen LogP contribution in [0.1, 0.15) is 22.7 Å². The van der Waals surface area contributed by atoms with Gasteiger partial charge in [0.25, 0.3) is 0 Å². The van der Waals surface area contributed by atoms with Gasteiger partial charge in [-0.05, 0) is 94.4 Å². The fourth-order valence-corrected chi connectivity index (χ4v) is 8.19. The maximum atomic E-state index is 2.45. The summed E-state index contributed by atoms with van der Waals surface area (Å²) in [5.41, 5.74) is 15.1. The van der Waals surface area contributed by atoms with Crippen LogP contribution < -0.4 is 0 Å². The number of allylic oxidation sites excluding steroid dienone is 1. The smallest absolute Gasteiger partial charge is 0.0543 e. The minimum Gasteiger partial charge on any atom is -0.310 e. The highest BCUT2D eigenvalue weighted by Crippen LogP contribution is 2.43. The monoisotopic (exact) mass is 638 g/mol. The summed E-state index contributed by atoms with van der Waals surface area (Å²) in [6.45, 7) is 0. The molecule has 1 atom stereocenters. The quantitative estimate of drug-likeness (QED) is 0.178. The van der Waals surface area contributed by atoms with Gasteiger partial charge in [0, 0.05) is 39.1 Å². The highest BCUT2D eigenvalue weighted by atomic mass is 15.0. The third-order valence-electron chi connectivity index (χ3n) is 10.5. The van der Waals surface area contributed by atoms with Gasteiger partial charge in [-0.25, -0.2) is 0 Å². The highest BCUT2D eigenvalue weighted by molar-refractivity contribution is 6.09. The van der Waals surface area contributed by atoms with Crippen LogP contribution in [0.15, 0.2) is 182 Å². The third kappa shape index (κ3) is 4.57. The van der Waals surface area contributed by atoms with E-state index in [2.05, 4.69) is 197 Å². The van der Waals surface area contributed by atoms with Crippen LogP contribution in [0.3, 0.4) is 0 Å². The van der Waals surface area contributed by atoms with Crippen molar-refractivity contribution in [1.29, 1.82) is 0 Å². The second-order valence-electron chi connectivity index (χ2n) is 13.3. The van der Waals surface area contributed by atoms with E-state index in [1.807, 2.05) is 0 Å². The zero-order chi connectivity index (χ0) is 33.0. The van der Waals surface area contributed by atoms with Crippen LogP contribution in [0.2, 0.25) is 0 Å². The molecule has 10 rings (SSSR count). The summed E-state index contributed by atoms with van der Waals surface area (Å²) in [5, 5.41) is 3.92. The second-order valence-corrected chi connectivity index (χ2v) is 13.3. The minimum atomic E-state index is 0.262. The van der Waals surface area contributed by atoms with Crippen LogP contribution in [0.4, 0.5) is 0 Å². The van der Waals surface area contributed by atoms with Gasteiger partial charge in [0.15, 0.2) is 0 Å². The Morgan fingerprint density at radius 3 is 1.84 bits per heavy atom. The molecule has 0 saturated heterocycles. The van der Waals surface area contributed by atoms with Gasteiger partial charge < -0.3 is 9.13 Å². The molecule has 0 spiro atoms. The Hall–Kier alpha value is -6.38. The van der Waals surface area contributed by atoms with Crippen LogP contribution in [-0.2, 0) is 6.42 Å². The molecule has 236 valence electrons. The second kappa shape index (κ2) is 11.6. The molecular formula is C48H34N2. The Bertz CT molecular complexity index is 2690. The van der Waals surface area contributed by atoms with E-state index in [4.69, 9.17) is 0 Å². The predicted molar refractivity (Wildman–Crippen MR) is 210 cm³/mol. The Labute approximate surface area is 291 Å². The first-order valence-electron chi connectivity index (χ1n) is 17.5. The zero-order valence-electron chi connectivity index (χ0n) is 27.6. The van der Waals surface area contributed by atoms with Crippen molar-refractivity contribution in [3.63, 3.8) is 0 Å². The molecule has 1 unspecified atom stereocenters. The molecule has 7 aromatic carbocycles. The number of benzene rings is 7. The Morgan fingerprint density at radius 1 is 0.440 bits per heavy atom. The van der Waals surface area contributed by atoms with Crippen molar-refractivity contribution in [3.05, 3.63) is 199 Å². The molecular weight excluding hydrogens is 605 g/mol. The lowest BCUT2D eigenvalue weighted by atomic mass is 9.85. The number of fused-ring (bicyclic) bond motifs is 6. The van der Waals surface area contributed by atoms with Gasteiger partial charge in [-0.3, -0.25) is 0 Å². The number of rotatable bonds is 5. The summed E-state index contributed by atoms with van der Waals surface area (Å²) in [4.78, 5) is 0. The Morgan fingerprint density at radius 2 is 1.06 bits per heavy atom. The zero-order valence-corrected chi connectivity index (χ0v) is 27.6.